The molecule has 2 atom stereocenters. The van der Waals surface area contributed by atoms with Crippen molar-refractivity contribution >= 4 is 21.8 Å². The number of aliphatic hydroxyl groups excluding tert-OH is 2. The molecule has 0 aliphatic carbocycles. The molecule has 0 aliphatic heterocycles. The molecule has 0 bridgehead atoms. The molecule has 4 aromatic rings. The van der Waals surface area contributed by atoms with Gasteiger partial charge >= 0.3 is 0 Å². The summed E-state index contributed by atoms with van der Waals surface area (Å²) in [5, 5.41) is 22.5. The van der Waals surface area contributed by atoms with Crippen LogP contribution in [0.4, 0.5) is 0 Å². The third-order valence-electron chi connectivity index (χ3n) is 5.16. The van der Waals surface area contributed by atoms with Gasteiger partial charge < -0.3 is 14.8 Å². The van der Waals surface area contributed by atoms with Crippen LogP contribution in [0.25, 0.3) is 27.5 Å². The molecule has 0 amide bonds. The lowest BCUT2D eigenvalue weighted by Gasteiger charge is -2.23. The van der Waals surface area contributed by atoms with Crippen molar-refractivity contribution in [3.8, 4) is 5.69 Å². The van der Waals surface area contributed by atoms with Crippen LogP contribution in [0.3, 0.4) is 0 Å². The lowest BCUT2D eigenvalue weighted by atomic mass is 9.89. The zero-order valence-corrected chi connectivity index (χ0v) is 15.0. The first kappa shape index (κ1) is 16.8. The topological polar surface area (TPSA) is 45.4 Å². The molecule has 132 valence electrons. The van der Waals surface area contributed by atoms with Crippen LogP contribution in [0.2, 0.25) is 0 Å². The molecule has 0 spiro atoms. The SMILES string of the molecule is CC(O)C(c1ccc(-n2c3ccccc3c3ccccc32)cc1)C(C)O. The van der Waals surface area contributed by atoms with E-state index in [0.29, 0.717) is 0 Å². The van der Waals surface area contributed by atoms with Crippen LogP contribution < -0.4 is 0 Å². The summed E-state index contributed by atoms with van der Waals surface area (Å²) in [7, 11) is 0. The fourth-order valence-electron chi connectivity index (χ4n) is 4.01. The number of benzene rings is 3. The molecule has 3 nitrogen and oxygen atoms in total. The zero-order valence-electron chi connectivity index (χ0n) is 15.0. The fraction of sp³-hybridized carbons (Fsp3) is 0.217. The molecule has 26 heavy (non-hydrogen) atoms. The number of hydrogen-bond donors (Lipinski definition) is 2. The van der Waals surface area contributed by atoms with Gasteiger partial charge in [-0.2, -0.15) is 0 Å². The monoisotopic (exact) mass is 345 g/mol. The van der Waals surface area contributed by atoms with Crippen molar-refractivity contribution in [2.45, 2.75) is 32.0 Å². The summed E-state index contributed by atoms with van der Waals surface area (Å²) >= 11 is 0. The van der Waals surface area contributed by atoms with Crippen molar-refractivity contribution in [1.82, 2.24) is 4.57 Å². The Morgan fingerprint density at radius 1 is 0.654 bits per heavy atom. The van der Waals surface area contributed by atoms with Gasteiger partial charge in [0.15, 0.2) is 0 Å². The summed E-state index contributed by atoms with van der Waals surface area (Å²) in [6.07, 6.45) is -1.21. The number of para-hydroxylation sites is 2. The van der Waals surface area contributed by atoms with Crippen LogP contribution in [0.1, 0.15) is 25.3 Å². The molecule has 4 rings (SSSR count). The number of aliphatic hydroxyl groups is 2. The van der Waals surface area contributed by atoms with Gasteiger partial charge in [0.1, 0.15) is 0 Å². The Labute approximate surface area is 153 Å². The van der Waals surface area contributed by atoms with Crippen molar-refractivity contribution in [2.24, 2.45) is 0 Å². The smallest absolute Gasteiger partial charge is 0.0605 e. The third-order valence-corrected chi connectivity index (χ3v) is 5.16. The third kappa shape index (κ3) is 2.70. The molecule has 3 aromatic carbocycles. The molecule has 2 unspecified atom stereocenters. The number of aromatic nitrogens is 1. The zero-order chi connectivity index (χ0) is 18.3. The Morgan fingerprint density at radius 2 is 1.12 bits per heavy atom. The van der Waals surface area contributed by atoms with Crippen molar-refractivity contribution in [3.05, 3.63) is 78.4 Å². The Hall–Kier alpha value is -2.62. The van der Waals surface area contributed by atoms with E-state index in [1.165, 1.54) is 21.8 Å². The largest absolute Gasteiger partial charge is 0.393 e. The number of nitrogens with zero attached hydrogens (tertiary/aromatic N) is 1. The van der Waals surface area contributed by atoms with Crippen LogP contribution in [0, 0.1) is 0 Å². The number of fused-ring (bicyclic) bond motifs is 3. The van der Waals surface area contributed by atoms with E-state index in [1.54, 1.807) is 13.8 Å². The van der Waals surface area contributed by atoms with Gasteiger partial charge in [0.05, 0.1) is 23.2 Å². The Morgan fingerprint density at radius 3 is 1.58 bits per heavy atom. The van der Waals surface area contributed by atoms with Crippen LogP contribution in [0.15, 0.2) is 72.8 Å². The second kappa shape index (κ2) is 6.60. The number of hydrogen-bond acceptors (Lipinski definition) is 2. The van der Waals surface area contributed by atoms with E-state index in [1.807, 2.05) is 12.1 Å². The predicted molar refractivity (Wildman–Crippen MR) is 107 cm³/mol. The van der Waals surface area contributed by atoms with Crippen molar-refractivity contribution < 1.29 is 10.2 Å². The maximum atomic E-state index is 10.0. The van der Waals surface area contributed by atoms with E-state index >= 15 is 0 Å². The molecule has 0 saturated heterocycles. The van der Waals surface area contributed by atoms with E-state index < -0.39 is 12.2 Å². The summed E-state index contributed by atoms with van der Waals surface area (Å²) in [6, 6.07) is 25.0. The second-order valence-corrected chi connectivity index (χ2v) is 6.97. The normalized spacial score (nSPS) is 15.2. The first-order valence-electron chi connectivity index (χ1n) is 9.02. The highest BCUT2D eigenvalue weighted by molar-refractivity contribution is 6.09. The van der Waals surface area contributed by atoms with E-state index in [0.717, 1.165) is 11.3 Å². The van der Waals surface area contributed by atoms with Gasteiger partial charge in [-0.25, -0.2) is 0 Å². The highest BCUT2D eigenvalue weighted by Gasteiger charge is 2.22. The maximum absolute atomic E-state index is 10.0. The van der Waals surface area contributed by atoms with Gasteiger partial charge in [-0.05, 0) is 43.7 Å². The lowest BCUT2D eigenvalue weighted by molar-refractivity contribution is 0.0730. The first-order valence-corrected chi connectivity index (χ1v) is 9.02. The highest BCUT2D eigenvalue weighted by Crippen LogP contribution is 2.32. The average Bonchev–Trinajstić information content (AvgIpc) is 2.96. The van der Waals surface area contributed by atoms with Crippen LogP contribution in [-0.4, -0.2) is 27.0 Å². The molecule has 1 aromatic heterocycles. The van der Waals surface area contributed by atoms with Crippen LogP contribution >= 0.6 is 0 Å². The Bertz CT molecular complexity index is 984. The molecule has 3 heteroatoms. The van der Waals surface area contributed by atoms with Crippen molar-refractivity contribution in [2.75, 3.05) is 0 Å². The standard InChI is InChI=1S/C23H23NO2/c1-15(25)23(16(2)26)17-11-13-18(14-12-17)24-21-9-5-3-7-19(21)20-8-4-6-10-22(20)24/h3-16,23,25-26H,1-2H3. The van der Waals surface area contributed by atoms with Gasteiger partial charge in [-0.15, -0.1) is 0 Å². The molecule has 0 fully saturated rings. The minimum Gasteiger partial charge on any atom is -0.393 e. The summed E-state index contributed by atoms with van der Waals surface area (Å²) in [5.74, 6) is -0.290. The van der Waals surface area contributed by atoms with E-state index in [-0.39, 0.29) is 5.92 Å². The first-order chi connectivity index (χ1) is 12.6. The molecule has 2 N–H and O–H groups in total. The predicted octanol–water partition coefficient (Wildman–Crippen LogP) is 4.63. The summed E-state index contributed by atoms with van der Waals surface area (Å²) in [4.78, 5) is 0. The maximum Gasteiger partial charge on any atom is 0.0605 e. The summed E-state index contributed by atoms with van der Waals surface area (Å²) < 4.78 is 2.26. The molecule has 0 radical (unpaired) electrons. The minimum absolute atomic E-state index is 0.290. The van der Waals surface area contributed by atoms with Gasteiger partial charge in [0.2, 0.25) is 0 Å². The van der Waals surface area contributed by atoms with Crippen LogP contribution in [-0.2, 0) is 0 Å². The molecular weight excluding hydrogens is 322 g/mol. The summed E-state index contributed by atoms with van der Waals surface area (Å²) in [6.45, 7) is 3.44. The van der Waals surface area contributed by atoms with E-state index in [4.69, 9.17) is 0 Å². The van der Waals surface area contributed by atoms with E-state index in [9.17, 15) is 10.2 Å². The molecule has 0 aliphatic rings. The average molecular weight is 345 g/mol. The van der Waals surface area contributed by atoms with Crippen molar-refractivity contribution in [3.63, 3.8) is 0 Å². The van der Waals surface area contributed by atoms with Gasteiger partial charge in [-0.3, -0.25) is 0 Å². The minimum atomic E-state index is -0.603. The fourth-order valence-corrected chi connectivity index (χ4v) is 4.01. The van der Waals surface area contributed by atoms with E-state index in [2.05, 4.69) is 65.2 Å². The second-order valence-electron chi connectivity index (χ2n) is 6.97. The Kier molecular flexibility index (Phi) is 4.27. The van der Waals surface area contributed by atoms with Gasteiger partial charge in [0.25, 0.3) is 0 Å². The highest BCUT2D eigenvalue weighted by atomic mass is 16.3. The van der Waals surface area contributed by atoms with Crippen molar-refractivity contribution in [1.29, 1.82) is 0 Å². The lowest BCUT2D eigenvalue weighted by Crippen LogP contribution is -2.25. The molecule has 1 heterocycles. The summed E-state index contributed by atoms with van der Waals surface area (Å²) in [5.41, 5.74) is 4.36. The van der Waals surface area contributed by atoms with Gasteiger partial charge in [0, 0.05) is 22.4 Å². The molecular formula is C23H23NO2. The molecule has 0 saturated carbocycles. The van der Waals surface area contributed by atoms with Gasteiger partial charge in [-0.1, -0.05) is 48.5 Å². The Balaban J connectivity index is 1.88. The number of rotatable bonds is 4. The van der Waals surface area contributed by atoms with Crippen LogP contribution in [0.5, 0.6) is 0 Å². The quantitative estimate of drug-likeness (QED) is 0.566.